The minimum Gasteiger partial charge on any atom is -0.504 e. The van der Waals surface area contributed by atoms with Crippen molar-refractivity contribution in [1.29, 1.82) is 0 Å². The van der Waals surface area contributed by atoms with Gasteiger partial charge in [0.1, 0.15) is 0 Å². The van der Waals surface area contributed by atoms with Crippen LogP contribution in [0.5, 0.6) is 0 Å². The van der Waals surface area contributed by atoms with E-state index in [9.17, 15) is 19.8 Å². The molecule has 2 saturated carbocycles. The van der Waals surface area contributed by atoms with Crippen molar-refractivity contribution >= 4 is 11.8 Å². The fourth-order valence-corrected chi connectivity index (χ4v) is 8.06. The summed E-state index contributed by atoms with van der Waals surface area (Å²) in [5, 5.41) is 20.3. The molecule has 0 bridgehead atoms. The molecule has 0 aromatic carbocycles. The third kappa shape index (κ3) is 3.09. The van der Waals surface area contributed by atoms with Gasteiger partial charge in [0.05, 0.1) is 5.41 Å². The van der Waals surface area contributed by atoms with E-state index in [-0.39, 0.29) is 39.1 Å². The first-order valence-electron chi connectivity index (χ1n) is 12.9. The highest BCUT2D eigenvalue weighted by molar-refractivity contribution is 6.06. The van der Waals surface area contributed by atoms with Gasteiger partial charge < -0.3 is 10.2 Å². The summed E-state index contributed by atoms with van der Waals surface area (Å²) in [6, 6.07) is 0. The number of carbonyl (C=O) groups is 2. The van der Waals surface area contributed by atoms with Gasteiger partial charge in [0.25, 0.3) is 0 Å². The Morgan fingerprint density at radius 3 is 2.32 bits per heavy atom. The zero-order valence-corrected chi connectivity index (χ0v) is 22.3. The second-order valence-corrected chi connectivity index (χ2v) is 13.1. The fourth-order valence-electron chi connectivity index (χ4n) is 8.06. The van der Waals surface area contributed by atoms with E-state index in [0.717, 1.165) is 43.3 Å². The average molecular weight is 467 g/mol. The van der Waals surface area contributed by atoms with Crippen LogP contribution in [0.25, 0.3) is 0 Å². The van der Waals surface area contributed by atoms with Gasteiger partial charge in [0.15, 0.2) is 5.76 Å². The second-order valence-electron chi connectivity index (χ2n) is 13.1. The molecule has 0 aliphatic heterocycles. The van der Waals surface area contributed by atoms with Crippen LogP contribution in [0.15, 0.2) is 46.3 Å². The molecule has 34 heavy (non-hydrogen) atoms. The molecule has 0 aromatic heterocycles. The first-order valence-corrected chi connectivity index (χ1v) is 12.9. The van der Waals surface area contributed by atoms with Crippen molar-refractivity contribution < 1.29 is 19.8 Å². The second kappa shape index (κ2) is 7.45. The summed E-state index contributed by atoms with van der Waals surface area (Å²) in [6.07, 6.45) is 11.8. The molecule has 4 heteroatoms. The quantitative estimate of drug-likeness (QED) is 0.455. The van der Waals surface area contributed by atoms with Gasteiger partial charge in [-0.2, -0.15) is 0 Å². The van der Waals surface area contributed by atoms with E-state index < -0.39 is 11.4 Å². The van der Waals surface area contributed by atoms with Gasteiger partial charge in [-0.3, -0.25) is 9.59 Å². The molecule has 4 rings (SSSR count). The molecule has 0 amide bonds. The van der Waals surface area contributed by atoms with E-state index >= 15 is 0 Å². The van der Waals surface area contributed by atoms with Crippen LogP contribution < -0.4 is 0 Å². The number of rotatable bonds is 4. The van der Waals surface area contributed by atoms with Gasteiger partial charge in [-0.25, -0.2) is 0 Å². The Kier molecular flexibility index (Phi) is 5.48. The van der Waals surface area contributed by atoms with E-state index in [0.29, 0.717) is 12.0 Å². The molecule has 5 atom stereocenters. The van der Waals surface area contributed by atoms with Crippen molar-refractivity contribution in [2.75, 3.05) is 0 Å². The Labute approximate surface area is 204 Å². The maximum atomic E-state index is 12.6. The standard InChI is InChI=1S/C30H42O4/c1-9-27(5)12-14-29(7)22-11-10-19-18(2)24(32)21(31)16-20(19)28(22,6)13-15-30(29,8)23(27)17-26(3,4)25(33)34/h10-11,16,23,32H,9,12-15,17H2,1-8H3,(H,33,34)/t23-,27-,28+,29-,30+/m1/s1. The lowest BCUT2D eigenvalue weighted by atomic mass is 9.36. The molecular weight excluding hydrogens is 424 g/mol. The smallest absolute Gasteiger partial charge is 0.309 e. The molecule has 0 saturated heterocycles. The third-order valence-corrected chi connectivity index (χ3v) is 11.1. The lowest BCUT2D eigenvalue weighted by Gasteiger charge is -2.68. The van der Waals surface area contributed by atoms with Crippen molar-refractivity contribution in [3.8, 4) is 0 Å². The first-order chi connectivity index (χ1) is 15.6. The normalized spacial score (nSPS) is 39.9. The van der Waals surface area contributed by atoms with Crippen molar-refractivity contribution in [3.63, 3.8) is 0 Å². The van der Waals surface area contributed by atoms with Crippen molar-refractivity contribution in [2.24, 2.45) is 33.0 Å². The monoisotopic (exact) mass is 466 g/mol. The van der Waals surface area contributed by atoms with Crippen molar-refractivity contribution in [3.05, 3.63) is 46.3 Å². The zero-order chi connectivity index (χ0) is 25.5. The Morgan fingerprint density at radius 2 is 1.74 bits per heavy atom. The molecule has 0 spiro atoms. The molecule has 0 radical (unpaired) electrons. The maximum Gasteiger partial charge on any atom is 0.309 e. The number of ketones is 1. The molecule has 0 heterocycles. The molecule has 2 N–H and O–H groups in total. The number of aliphatic hydroxyl groups excluding tert-OH is 1. The molecule has 2 fully saturated rings. The van der Waals surface area contributed by atoms with Crippen LogP contribution in [-0.2, 0) is 9.59 Å². The summed E-state index contributed by atoms with van der Waals surface area (Å²) in [6.45, 7) is 17.3. The SMILES string of the molecule is CC[C@]1(C)CC[C@]2(C)C3=CC=C4C(=CC(=O)C(O)=C4C)[C@]3(C)CC[C@@]2(C)[C@@H]1CC(C)(C)C(=O)O. The van der Waals surface area contributed by atoms with Gasteiger partial charge >= 0.3 is 5.97 Å². The van der Waals surface area contributed by atoms with Gasteiger partial charge in [-0.15, -0.1) is 0 Å². The lowest BCUT2D eigenvalue weighted by molar-refractivity contribution is -0.160. The van der Waals surface area contributed by atoms with E-state index in [4.69, 9.17) is 0 Å². The highest BCUT2D eigenvalue weighted by Gasteiger charge is 2.65. The van der Waals surface area contributed by atoms with Gasteiger partial charge in [-0.05, 0) is 92.3 Å². The Morgan fingerprint density at radius 1 is 1.09 bits per heavy atom. The van der Waals surface area contributed by atoms with Crippen LogP contribution in [0.2, 0.25) is 0 Å². The molecule has 4 nitrogen and oxygen atoms in total. The molecule has 0 aromatic rings. The molecule has 0 unspecified atom stereocenters. The highest BCUT2D eigenvalue weighted by Crippen LogP contribution is 2.74. The number of hydrogen-bond donors (Lipinski definition) is 2. The largest absolute Gasteiger partial charge is 0.504 e. The van der Waals surface area contributed by atoms with Crippen LogP contribution in [0.1, 0.15) is 93.9 Å². The van der Waals surface area contributed by atoms with Crippen LogP contribution in [0.3, 0.4) is 0 Å². The maximum absolute atomic E-state index is 12.6. The summed E-state index contributed by atoms with van der Waals surface area (Å²) in [7, 11) is 0. The van der Waals surface area contributed by atoms with Crippen molar-refractivity contribution in [2.45, 2.75) is 93.9 Å². The van der Waals surface area contributed by atoms with Crippen LogP contribution >= 0.6 is 0 Å². The van der Waals surface area contributed by atoms with E-state index in [1.54, 1.807) is 6.08 Å². The van der Waals surface area contributed by atoms with Gasteiger partial charge in [-0.1, -0.05) is 58.8 Å². The number of carboxylic acid groups (broad SMARTS) is 1. The van der Waals surface area contributed by atoms with E-state index in [1.165, 1.54) is 5.57 Å². The number of carbonyl (C=O) groups excluding carboxylic acids is 1. The summed E-state index contributed by atoms with van der Waals surface area (Å²) < 4.78 is 0. The third-order valence-electron chi connectivity index (χ3n) is 11.1. The lowest BCUT2D eigenvalue weighted by Crippen LogP contribution is -2.60. The predicted molar refractivity (Wildman–Crippen MR) is 135 cm³/mol. The summed E-state index contributed by atoms with van der Waals surface area (Å²) in [4.78, 5) is 24.8. The number of aliphatic carboxylic acids is 1. The molecular formula is C30H42O4. The molecule has 4 aliphatic carbocycles. The number of hydrogen-bond acceptors (Lipinski definition) is 3. The number of fused-ring (bicyclic) bond motifs is 5. The Balaban J connectivity index is 1.88. The van der Waals surface area contributed by atoms with Crippen LogP contribution in [0, 0.1) is 33.0 Å². The minimum atomic E-state index is -0.783. The van der Waals surface area contributed by atoms with Crippen LogP contribution in [0.4, 0.5) is 0 Å². The topological polar surface area (TPSA) is 74.6 Å². The minimum absolute atomic E-state index is 0.0499. The van der Waals surface area contributed by atoms with Gasteiger partial charge in [0.2, 0.25) is 5.78 Å². The van der Waals surface area contributed by atoms with Gasteiger partial charge in [0, 0.05) is 11.0 Å². The number of carboxylic acids is 1. The predicted octanol–water partition coefficient (Wildman–Crippen LogP) is 7.33. The highest BCUT2D eigenvalue weighted by atomic mass is 16.4. The molecule has 4 aliphatic rings. The Bertz CT molecular complexity index is 1090. The summed E-state index contributed by atoms with van der Waals surface area (Å²) in [5.74, 6) is -0.887. The average Bonchev–Trinajstić information content (AvgIpc) is 2.77. The fraction of sp³-hybridized carbons (Fsp3) is 0.667. The Hall–Kier alpha value is -2.10. The summed E-state index contributed by atoms with van der Waals surface area (Å²) in [5.41, 5.74) is 2.96. The van der Waals surface area contributed by atoms with Crippen molar-refractivity contribution in [1.82, 2.24) is 0 Å². The van der Waals surface area contributed by atoms with E-state index in [1.807, 2.05) is 20.8 Å². The van der Waals surface area contributed by atoms with Crippen LogP contribution in [-0.4, -0.2) is 22.0 Å². The molecule has 186 valence electrons. The van der Waals surface area contributed by atoms with E-state index in [2.05, 4.69) is 46.8 Å². The first kappa shape index (κ1) is 25.0. The number of aliphatic hydroxyl groups is 1. The summed E-state index contributed by atoms with van der Waals surface area (Å²) >= 11 is 0. The zero-order valence-electron chi connectivity index (χ0n) is 22.3. The number of allylic oxidation sites excluding steroid dienone is 7.